The summed E-state index contributed by atoms with van der Waals surface area (Å²) in [6.07, 6.45) is 1.29. The van der Waals surface area contributed by atoms with Crippen molar-refractivity contribution in [1.29, 1.82) is 0 Å². The first-order chi connectivity index (χ1) is 13.7. The summed E-state index contributed by atoms with van der Waals surface area (Å²) in [5.74, 6) is -0.747. The van der Waals surface area contributed by atoms with Gasteiger partial charge in [0, 0.05) is 19.3 Å². The zero-order valence-electron chi connectivity index (χ0n) is 15.4. The number of hydrogen-bond acceptors (Lipinski definition) is 7. The Bertz CT molecular complexity index is 1200. The molecule has 0 saturated carbocycles. The Kier molecular flexibility index (Phi) is 5.33. The highest BCUT2D eigenvalue weighted by atomic mass is 32.2. The molecule has 1 aromatic heterocycles. The van der Waals surface area contributed by atoms with E-state index in [0.29, 0.717) is 0 Å². The number of nitrogens with zero attached hydrogens (tertiary/aromatic N) is 3. The van der Waals surface area contributed by atoms with Crippen LogP contribution in [0.15, 0.2) is 59.6 Å². The second-order valence-corrected chi connectivity index (χ2v) is 7.57. The Labute approximate surface area is 166 Å². The number of imidazole rings is 1. The standard InChI is InChI=1S/C18H16N4O6S/c1-21-11-13(19-17(21)12-7-3-4-8-14(12)22(24)25)18(23)20-29(26,27)16-10-6-5-9-15(16)28-2/h3-11H,1-2H3,(H,20,23). The molecule has 1 amide bonds. The number of nitrogens with one attached hydrogen (secondary N) is 1. The normalized spacial score (nSPS) is 11.1. The molecule has 3 aromatic rings. The Hall–Kier alpha value is -3.73. The van der Waals surface area contributed by atoms with Gasteiger partial charge in [-0.25, -0.2) is 18.1 Å². The fourth-order valence-corrected chi connectivity index (χ4v) is 3.85. The van der Waals surface area contributed by atoms with Crippen LogP contribution in [-0.4, -0.2) is 35.9 Å². The Morgan fingerprint density at radius 2 is 1.83 bits per heavy atom. The molecule has 0 spiro atoms. The van der Waals surface area contributed by atoms with Crippen molar-refractivity contribution < 1.29 is 22.9 Å². The number of rotatable bonds is 6. The molecule has 0 atom stereocenters. The fourth-order valence-electron chi connectivity index (χ4n) is 2.72. The summed E-state index contributed by atoms with van der Waals surface area (Å²) < 4.78 is 33.5. The molecule has 0 fully saturated rings. The third-order valence-electron chi connectivity index (χ3n) is 4.04. The van der Waals surface area contributed by atoms with Crippen LogP contribution < -0.4 is 9.46 Å². The van der Waals surface area contributed by atoms with Gasteiger partial charge in [0.15, 0.2) is 0 Å². The second-order valence-electron chi connectivity index (χ2n) is 5.92. The number of methoxy groups -OCH3 is 1. The van der Waals surface area contributed by atoms with E-state index in [4.69, 9.17) is 4.74 Å². The molecule has 11 heteroatoms. The van der Waals surface area contributed by atoms with Crippen LogP contribution in [0.25, 0.3) is 11.4 Å². The number of sulfonamides is 1. The molecule has 0 radical (unpaired) electrons. The summed E-state index contributed by atoms with van der Waals surface area (Å²) in [6, 6.07) is 11.8. The summed E-state index contributed by atoms with van der Waals surface area (Å²) >= 11 is 0. The highest BCUT2D eigenvalue weighted by Crippen LogP contribution is 2.28. The summed E-state index contributed by atoms with van der Waals surface area (Å²) in [5, 5.41) is 11.3. The lowest BCUT2D eigenvalue weighted by Crippen LogP contribution is -2.31. The largest absolute Gasteiger partial charge is 0.495 e. The first kappa shape index (κ1) is 20.0. The summed E-state index contributed by atoms with van der Waals surface area (Å²) in [5.41, 5.74) is -0.194. The Morgan fingerprint density at radius 3 is 2.52 bits per heavy atom. The Morgan fingerprint density at radius 1 is 1.17 bits per heavy atom. The van der Waals surface area contributed by atoms with Crippen LogP contribution in [0.4, 0.5) is 5.69 Å². The quantitative estimate of drug-likeness (QED) is 0.480. The lowest BCUT2D eigenvalue weighted by molar-refractivity contribution is -0.384. The van der Waals surface area contributed by atoms with Gasteiger partial charge < -0.3 is 9.30 Å². The number of aromatic nitrogens is 2. The third kappa shape index (κ3) is 3.94. The minimum Gasteiger partial charge on any atom is -0.495 e. The van der Waals surface area contributed by atoms with Crippen molar-refractivity contribution in [2.24, 2.45) is 7.05 Å². The lowest BCUT2D eigenvalue weighted by atomic mass is 10.1. The highest BCUT2D eigenvalue weighted by Gasteiger charge is 2.25. The van der Waals surface area contributed by atoms with E-state index in [2.05, 4.69) is 4.98 Å². The van der Waals surface area contributed by atoms with Crippen molar-refractivity contribution in [3.63, 3.8) is 0 Å². The summed E-state index contributed by atoms with van der Waals surface area (Å²) in [6.45, 7) is 0. The van der Waals surface area contributed by atoms with E-state index >= 15 is 0 Å². The van der Waals surface area contributed by atoms with E-state index in [1.54, 1.807) is 19.2 Å². The molecule has 0 bridgehead atoms. The number of nitro groups is 1. The second kappa shape index (κ2) is 7.72. The number of para-hydroxylation sites is 2. The van der Waals surface area contributed by atoms with E-state index in [1.165, 1.54) is 54.3 Å². The molecular formula is C18H16N4O6S. The van der Waals surface area contributed by atoms with Gasteiger partial charge in [-0.1, -0.05) is 24.3 Å². The lowest BCUT2D eigenvalue weighted by Gasteiger charge is -2.09. The number of amides is 1. The zero-order chi connectivity index (χ0) is 21.2. The SMILES string of the molecule is COc1ccccc1S(=O)(=O)NC(=O)c1cn(C)c(-c2ccccc2[N+](=O)[O-])n1. The molecule has 0 aliphatic rings. The van der Waals surface area contributed by atoms with Crippen LogP contribution in [0, 0.1) is 10.1 Å². The van der Waals surface area contributed by atoms with Gasteiger partial charge in [0.2, 0.25) is 0 Å². The third-order valence-corrected chi connectivity index (χ3v) is 5.41. The maximum absolute atomic E-state index is 12.6. The average molecular weight is 416 g/mol. The van der Waals surface area contributed by atoms with Crippen LogP contribution in [-0.2, 0) is 17.1 Å². The molecule has 150 valence electrons. The number of carbonyl (C=O) groups is 1. The zero-order valence-corrected chi connectivity index (χ0v) is 16.2. The van der Waals surface area contributed by atoms with Gasteiger partial charge >= 0.3 is 0 Å². The van der Waals surface area contributed by atoms with Gasteiger partial charge in [0.1, 0.15) is 22.2 Å². The van der Waals surface area contributed by atoms with Gasteiger partial charge in [0.05, 0.1) is 17.6 Å². The predicted molar refractivity (Wildman–Crippen MR) is 103 cm³/mol. The van der Waals surface area contributed by atoms with Crippen LogP contribution in [0.5, 0.6) is 5.75 Å². The van der Waals surface area contributed by atoms with Crippen molar-refractivity contribution in [3.05, 3.63) is 70.5 Å². The fraction of sp³-hybridized carbons (Fsp3) is 0.111. The molecule has 2 aromatic carbocycles. The van der Waals surface area contributed by atoms with E-state index in [9.17, 15) is 23.3 Å². The number of ether oxygens (including phenoxy) is 1. The van der Waals surface area contributed by atoms with E-state index < -0.39 is 20.9 Å². The predicted octanol–water partition coefficient (Wildman–Crippen LogP) is 2.12. The molecule has 1 N–H and O–H groups in total. The van der Waals surface area contributed by atoms with E-state index in [1.807, 2.05) is 4.72 Å². The number of aryl methyl sites for hydroxylation is 1. The average Bonchev–Trinajstić information content (AvgIpc) is 3.09. The minimum atomic E-state index is -4.22. The van der Waals surface area contributed by atoms with Crippen LogP contribution in [0.1, 0.15) is 10.5 Å². The van der Waals surface area contributed by atoms with Crippen LogP contribution in [0.3, 0.4) is 0 Å². The van der Waals surface area contributed by atoms with Gasteiger partial charge in [0.25, 0.3) is 21.6 Å². The smallest absolute Gasteiger partial charge is 0.285 e. The summed E-state index contributed by atoms with van der Waals surface area (Å²) in [4.78, 5) is 27.1. The van der Waals surface area contributed by atoms with Crippen molar-refractivity contribution in [2.45, 2.75) is 4.90 Å². The van der Waals surface area contributed by atoms with E-state index in [0.717, 1.165) is 0 Å². The molecular weight excluding hydrogens is 400 g/mol. The topological polar surface area (TPSA) is 133 Å². The van der Waals surface area contributed by atoms with Crippen molar-refractivity contribution in [1.82, 2.24) is 14.3 Å². The number of hydrogen-bond donors (Lipinski definition) is 1. The molecule has 0 unspecified atom stereocenters. The molecule has 0 saturated heterocycles. The molecule has 29 heavy (non-hydrogen) atoms. The minimum absolute atomic E-state index is 0.0782. The van der Waals surface area contributed by atoms with Gasteiger partial charge in [-0.05, 0) is 18.2 Å². The molecule has 3 rings (SSSR count). The van der Waals surface area contributed by atoms with Crippen LogP contribution in [0.2, 0.25) is 0 Å². The van der Waals surface area contributed by atoms with Crippen molar-refractivity contribution in [2.75, 3.05) is 7.11 Å². The molecule has 1 heterocycles. The molecule has 10 nitrogen and oxygen atoms in total. The number of benzene rings is 2. The maximum Gasteiger partial charge on any atom is 0.285 e. The highest BCUT2D eigenvalue weighted by molar-refractivity contribution is 7.90. The summed E-state index contributed by atoms with van der Waals surface area (Å²) in [7, 11) is -1.36. The monoisotopic (exact) mass is 416 g/mol. The Balaban J connectivity index is 1.94. The van der Waals surface area contributed by atoms with Crippen LogP contribution >= 0.6 is 0 Å². The van der Waals surface area contributed by atoms with Crippen molar-refractivity contribution in [3.8, 4) is 17.1 Å². The first-order valence-electron chi connectivity index (χ1n) is 8.22. The number of nitro benzene ring substituents is 1. The van der Waals surface area contributed by atoms with Crippen molar-refractivity contribution >= 4 is 21.6 Å². The van der Waals surface area contributed by atoms with Gasteiger partial charge in [-0.3, -0.25) is 14.9 Å². The maximum atomic E-state index is 12.6. The first-order valence-corrected chi connectivity index (χ1v) is 9.70. The molecule has 0 aliphatic heterocycles. The number of carbonyl (C=O) groups excluding carboxylic acids is 1. The van der Waals surface area contributed by atoms with Gasteiger partial charge in [-0.2, -0.15) is 0 Å². The van der Waals surface area contributed by atoms with E-state index in [-0.39, 0.29) is 33.4 Å². The van der Waals surface area contributed by atoms with Gasteiger partial charge in [-0.15, -0.1) is 0 Å². The molecule has 0 aliphatic carbocycles.